The summed E-state index contributed by atoms with van der Waals surface area (Å²) in [6, 6.07) is 11.2. The van der Waals surface area contributed by atoms with E-state index < -0.39 is 5.97 Å². The Morgan fingerprint density at radius 2 is 2.06 bits per heavy atom. The van der Waals surface area contributed by atoms with Crippen molar-refractivity contribution in [2.45, 2.75) is 6.42 Å². The van der Waals surface area contributed by atoms with Crippen molar-refractivity contribution in [3.05, 3.63) is 75.1 Å². The number of allylic oxidation sites excluding steroid dienone is 1. The lowest BCUT2D eigenvalue weighted by atomic mass is 10.1. The van der Waals surface area contributed by atoms with Crippen LogP contribution in [0.4, 0.5) is 0 Å². The van der Waals surface area contributed by atoms with E-state index >= 15 is 0 Å². The highest BCUT2D eigenvalue weighted by molar-refractivity contribution is 7.15. The molecule has 4 aromatic rings. The number of esters is 1. The zero-order chi connectivity index (χ0) is 22.0. The van der Waals surface area contributed by atoms with Gasteiger partial charge < -0.3 is 14.2 Å². The van der Waals surface area contributed by atoms with Gasteiger partial charge in [0.05, 0.1) is 29.8 Å². The standard InChI is InChI=1S/C23H20N2O5S/c1-4-7-15-10-14(11-18(28-2)21(15)30-13-20(26)29-3)12-19-22(27)25-17-9-6-5-8-16(17)24-23(25)31-19/h4-6,8-12H,1,7,13H2,2-3H3. The molecule has 0 radical (unpaired) electrons. The van der Waals surface area contributed by atoms with Crippen LogP contribution in [0.3, 0.4) is 0 Å². The van der Waals surface area contributed by atoms with E-state index in [0.717, 1.165) is 22.2 Å². The van der Waals surface area contributed by atoms with Gasteiger partial charge in [0.15, 0.2) is 23.1 Å². The Kier molecular flexibility index (Phi) is 5.73. The first kappa shape index (κ1) is 20.6. The number of hydrogen-bond acceptors (Lipinski definition) is 7. The molecule has 0 bridgehead atoms. The second-order valence-corrected chi connectivity index (χ2v) is 7.71. The van der Waals surface area contributed by atoms with Crippen LogP contribution >= 0.6 is 11.3 Å². The summed E-state index contributed by atoms with van der Waals surface area (Å²) < 4.78 is 18.0. The van der Waals surface area contributed by atoms with Crippen LogP contribution in [0.5, 0.6) is 11.5 Å². The van der Waals surface area contributed by atoms with Gasteiger partial charge in [0.2, 0.25) is 0 Å². The van der Waals surface area contributed by atoms with Crippen molar-refractivity contribution in [1.82, 2.24) is 9.38 Å². The third-order valence-electron chi connectivity index (χ3n) is 4.74. The number of fused-ring (bicyclic) bond motifs is 3. The first-order valence-electron chi connectivity index (χ1n) is 9.49. The maximum Gasteiger partial charge on any atom is 0.343 e. The number of hydrogen-bond donors (Lipinski definition) is 0. The van der Waals surface area contributed by atoms with Gasteiger partial charge in [-0.3, -0.25) is 4.79 Å². The number of para-hydroxylation sites is 2. The minimum atomic E-state index is -0.493. The lowest BCUT2D eigenvalue weighted by molar-refractivity contribution is -0.142. The summed E-state index contributed by atoms with van der Waals surface area (Å²) in [6.45, 7) is 3.55. The Balaban J connectivity index is 1.82. The van der Waals surface area contributed by atoms with Crippen molar-refractivity contribution < 1.29 is 19.0 Å². The molecular weight excluding hydrogens is 416 g/mol. The summed E-state index contributed by atoms with van der Waals surface area (Å²) in [5.41, 5.74) is 3.01. The molecular formula is C23H20N2O5S. The van der Waals surface area contributed by atoms with Gasteiger partial charge in [-0.25, -0.2) is 14.2 Å². The molecule has 0 aliphatic carbocycles. The lowest BCUT2D eigenvalue weighted by Crippen LogP contribution is -2.22. The van der Waals surface area contributed by atoms with Crippen molar-refractivity contribution in [2.24, 2.45) is 0 Å². The van der Waals surface area contributed by atoms with E-state index in [1.807, 2.05) is 30.3 Å². The fourth-order valence-electron chi connectivity index (χ4n) is 3.34. The van der Waals surface area contributed by atoms with E-state index in [2.05, 4.69) is 16.3 Å². The average Bonchev–Trinajstić information content (AvgIpc) is 3.28. The number of thiazole rings is 1. The van der Waals surface area contributed by atoms with Crippen LogP contribution < -0.4 is 19.6 Å². The summed E-state index contributed by atoms with van der Waals surface area (Å²) in [7, 11) is 2.82. The highest BCUT2D eigenvalue weighted by Crippen LogP contribution is 2.34. The second kappa shape index (κ2) is 8.61. The number of aromatic nitrogens is 2. The number of benzene rings is 2. The van der Waals surface area contributed by atoms with E-state index in [9.17, 15) is 9.59 Å². The van der Waals surface area contributed by atoms with Gasteiger partial charge >= 0.3 is 5.97 Å². The number of carbonyl (C=O) groups excluding carboxylic acids is 1. The molecule has 31 heavy (non-hydrogen) atoms. The number of nitrogens with zero attached hydrogens (tertiary/aromatic N) is 2. The minimum absolute atomic E-state index is 0.121. The molecule has 4 rings (SSSR count). The lowest BCUT2D eigenvalue weighted by Gasteiger charge is -2.15. The Morgan fingerprint density at radius 3 is 2.81 bits per heavy atom. The van der Waals surface area contributed by atoms with E-state index in [1.165, 1.54) is 25.6 Å². The maximum absolute atomic E-state index is 13.0. The van der Waals surface area contributed by atoms with Crippen molar-refractivity contribution >= 4 is 39.4 Å². The first-order chi connectivity index (χ1) is 15.0. The largest absolute Gasteiger partial charge is 0.493 e. The quantitative estimate of drug-likeness (QED) is 0.327. The van der Waals surface area contributed by atoms with Gasteiger partial charge in [0.25, 0.3) is 5.56 Å². The molecule has 2 aromatic heterocycles. The summed E-state index contributed by atoms with van der Waals surface area (Å²) in [5, 5.41) is 0. The Hall–Kier alpha value is -3.65. The number of methoxy groups -OCH3 is 2. The maximum atomic E-state index is 13.0. The normalized spacial score (nSPS) is 11.7. The molecule has 0 aliphatic heterocycles. The van der Waals surface area contributed by atoms with Gasteiger partial charge in [-0.15, -0.1) is 6.58 Å². The third-order valence-corrected chi connectivity index (χ3v) is 5.71. The molecule has 0 unspecified atom stereocenters. The monoisotopic (exact) mass is 436 g/mol. The topological polar surface area (TPSA) is 79.1 Å². The predicted octanol–water partition coefficient (Wildman–Crippen LogP) is 2.75. The minimum Gasteiger partial charge on any atom is -0.493 e. The molecule has 0 amide bonds. The highest BCUT2D eigenvalue weighted by Gasteiger charge is 2.15. The van der Waals surface area contributed by atoms with Crippen LogP contribution in [-0.2, 0) is 16.0 Å². The van der Waals surface area contributed by atoms with Crippen LogP contribution in [0.1, 0.15) is 11.1 Å². The van der Waals surface area contributed by atoms with Crippen LogP contribution in [0.25, 0.3) is 22.1 Å². The van der Waals surface area contributed by atoms with Crippen molar-refractivity contribution in [1.29, 1.82) is 0 Å². The van der Waals surface area contributed by atoms with Gasteiger partial charge in [-0.2, -0.15) is 0 Å². The SMILES string of the molecule is C=CCc1cc(C=c2sc3nc4ccccc4n3c2=O)cc(OC)c1OCC(=O)OC. The Bertz CT molecular complexity index is 1400. The number of rotatable bonds is 7. The third kappa shape index (κ3) is 3.89. The van der Waals surface area contributed by atoms with E-state index in [4.69, 9.17) is 9.47 Å². The van der Waals surface area contributed by atoms with Crippen LogP contribution in [0, 0.1) is 0 Å². The zero-order valence-corrected chi connectivity index (χ0v) is 17.9. The summed E-state index contributed by atoms with van der Waals surface area (Å²) in [6.07, 6.45) is 4.03. The number of ether oxygens (including phenoxy) is 3. The van der Waals surface area contributed by atoms with Crippen LogP contribution in [0.15, 0.2) is 53.8 Å². The molecule has 0 spiro atoms. The van der Waals surface area contributed by atoms with Crippen LogP contribution in [-0.4, -0.2) is 36.2 Å². The Morgan fingerprint density at radius 1 is 1.26 bits per heavy atom. The fraction of sp³-hybridized carbons (Fsp3) is 0.174. The Labute approximate surface area is 181 Å². The molecule has 7 nitrogen and oxygen atoms in total. The fourth-order valence-corrected chi connectivity index (χ4v) is 4.33. The smallest absolute Gasteiger partial charge is 0.343 e. The van der Waals surface area contributed by atoms with Gasteiger partial charge in [0.1, 0.15) is 0 Å². The summed E-state index contributed by atoms with van der Waals surface area (Å²) in [5.74, 6) is 0.403. The molecule has 0 N–H and O–H groups in total. The molecule has 0 atom stereocenters. The van der Waals surface area contributed by atoms with Crippen molar-refractivity contribution in [2.75, 3.05) is 20.8 Å². The summed E-state index contributed by atoms with van der Waals surface area (Å²) in [4.78, 5) is 29.7. The van der Waals surface area contributed by atoms with Gasteiger partial charge in [0, 0.05) is 5.56 Å². The molecule has 0 aliphatic rings. The molecule has 158 valence electrons. The predicted molar refractivity (Wildman–Crippen MR) is 120 cm³/mol. The molecule has 8 heteroatoms. The molecule has 0 saturated heterocycles. The molecule has 0 saturated carbocycles. The van der Waals surface area contributed by atoms with Crippen LogP contribution in [0.2, 0.25) is 0 Å². The van der Waals surface area contributed by atoms with Gasteiger partial charge in [-0.1, -0.05) is 29.5 Å². The van der Waals surface area contributed by atoms with Crippen molar-refractivity contribution in [3.63, 3.8) is 0 Å². The average molecular weight is 436 g/mol. The van der Waals surface area contributed by atoms with E-state index in [-0.39, 0.29) is 12.2 Å². The zero-order valence-electron chi connectivity index (χ0n) is 17.1. The second-order valence-electron chi connectivity index (χ2n) is 6.70. The molecule has 2 aromatic carbocycles. The summed E-state index contributed by atoms with van der Waals surface area (Å²) >= 11 is 1.33. The van der Waals surface area contributed by atoms with E-state index in [1.54, 1.807) is 22.6 Å². The first-order valence-corrected chi connectivity index (χ1v) is 10.3. The van der Waals surface area contributed by atoms with Gasteiger partial charge in [-0.05, 0) is 42.3 Å². The number of imidazole rings is 1. The highest BCUT2D eigenvalue weighted by atomic mass is 32.1. The molecule has 2 heterocycles. The van der Waals surface area contributed by atoms with E-state index in [0.29, 0.717) is 27.4 Å². The van der Waals surface area contributed by atoms with Crippen molar-refractivity contribution in [3.8, 4) is 11.5 Å². The molecule has 0 fully saturated rings. The number of carbonyl (C=O) groups is 1.